The molecule has 2 amide bonds. The molecule has 82 valence electrons. The van der Waals surface area contributed by atoms with Gasteiger partial charge in [0.25, 0.3) is 0 Å². The van der Waals surface area contributed by atoms with Crippen LogP contribution in [0.15, 0.2) is 29.2 Å². The maximum Gasteiger partial charge on any atom is 0.356 e. The Balaban J connectivity index is 2.65. The van der Waals surface area contributed by atoms with Crippen molar-refractivity contribution in [3.8, 4) is 5.75 Å². The summed E-state index contributed by atoms with van der Waals surface area (Å²) in [6, 6.07) is 6.14. The van der Waals surface area contributed by atoms with Crippen molar-refractivity contribution in [2.75, 3.05) is 14.2 Å². The van der Waals surface area contributed by atoms with Gasteiger partial charge in [0.2, 0.25) is 0 Å². The fraction of sp³-hybridized carbons (Fsp3) is 0.222. The Morgan fingerprint density at radius 3 is 2.47 bits per heavy atom. The maximum atomic E-state index is 11.5. The van der Waals surface area contributed by atoms with Crippen LogP contribution in [0.2, 0.25) is 0 Å². The number of urea groups is 1. The predicted molar refractivity (Wildman–Crippen MR) is 57.0 cm³/mol. The molecule has 0 aliphatic carbocycles. The van der Waals surface area contributed by atoms with Crippen LogP contribution in [-0.4, -0.2) is 24.7 Å². The minimum atomic E-state index is -1.54. The summed E-state index contributed by atoms with van der Waals surface area (Å²) in [4.78, 5) is 11.4. The van der Waals surface area contributed by atoms with Crippen LogP contribution in [-0.2, 0) is 11.4 Å². The van der Waals surface area contributed by atoms with E-state index in [0.29, 0.717) is 10.6 Å². The van der Waals surface area contributed by atoms with Crippen molar-refractivity contribution >= 4 is 17.4 Å². The van der Waals surface area contributed by atoms with Gasteiger partial charge in [-0.2, -0.15) is 0 Å². The van der Waals surface area contributed by atoms with Gasteiger partial charge in [0.1, 0.15) is 17.1 Å². The number of nitrogens with one attached hydrogen (secondary N) is 2. The second-order valence-electron chi connectivity index (χ2n) is 2.63. The number of rotatable bonds is 3. The topological polar surface area (TPSA) is 73.4 Å². The Labute approximate surface area is 91.1 Å². The van der Waals surface area contributed by atoms with Crippen LogP contribution in [0.3, 0.4) is 0 Å². The lowest BCUT2D eigenvalue weighted by Crippen LogP contribution is -2.37. The van der Waals surface area contributed by atoms with Crippen LogP contribution < -0.4 is 14.8 Å². The molecule has 0 heterocycles. The third-order valence-electron chi connectivity index (χ3n) is 1.69. The van der Waals surface area contributed by atoms with E-state index in [1.54, 1.807) is 31.4 Å². The summed E-state index contributed by atoms with van der Waals surface area (Å²) in [6.45, 7) is 0. The summed E-state index contributed by atoms with van der Waals surface area (Å²) in [7, 11) is 3.01. The quantitative estimate of drug-likeness (QED) is 0.746. The highest BCUT2D eigenvalue weighted by molar-refractivity contribution is 7.90. The third-order valence-corrected chi connectivity index (χ3v) is 2.76. The zero-order valence-electron chi connectivity index (χ0n) is 8.44. The Kier molecular flexibility index (Phi) is 4.26. The summed E-state index contributed by atoms with van der Waals surface area (Å²) in [5, 5.41) is 2.32. The minimum absolute atomic E-state index is 0.482. The first-order valence-corrected chi connectivity index (χ1v) is 5.36. The summed E-state index contributed by atoms with van der Waals surface area (Å²) in [5.41, 5.74) is 0. The molecule has 0 radical (unpaired) electrons. The molecule has 1 unspecified atom stereocenters. The van der Waals surface area contributed by atoms with Gasteiger partial charge >= 0.3 is 6.03 Å². The molecule has 1 rings (SSSR count). The Bertz CT molecular complexity index is 329. The lowest BCUT2D eigenvalue weighted by molar-refractivity contribution is 0.247. The number of benzene rings is 1. The van der Waals surface area contributed by atoms with Crippen LogP contribution in [0.25, 0.3) is 0 Å². The average Bonchev–Trinajstić information content (AvgIpc) is 2.29. The van der Waals surface area contributed by atoms with Crippen molar-refractivity contribution in [3.63, 3.8) is 0 Å². The standard InChI is InChI=1S/C9H12N2O3S/c1-10-9(12)11-15(13)8-5-3-7(14-2)4-6-8/h3-6H,1-2H3,(H2,10,11,12). The number of hydrogen-bond acceptors (Lipinski definition) is 3. The molecule has 0 fully saturated rings. The van der Waals surface area contributed by atoms with E-state index in [2.05, 4.69) is 10.0 Å². The van der Waals surface area contributed by atoms with E-state index in [1.807, 2.05) is 0 Å². The van der Waals surface area contributed by atoms with Crippen molar-refractivity contribution in [1.29, 1.82) is 0 Å². The highest BCUT2D eigenvalue weighted by Gasteiger charge is 2.13. The van der Waals surface area contributed by atoms with E-state index in [-0.39, 0.29) is 0 Å². The molecule has 2 N–H and O–H groups in total. The molecule has 0 saturated carbocycles. The van der Waals surface area contributed by atoms with E-state index >= 15 is 0 Å². The number of carbonyl (C=O) groups is 1. The molecule has 1 atom stereocenters. The minimum Gasteiger partial charge on any atom is -0.588 e. The second-order valence-corrected chi connectivity index (χ2v) is 3.84. The summed E-state index contributed by atoms with van der Waals surface area (Å²) < 4.78 is 18.7. The lowest BCUT2D eigenvalue weighted by atomic mass is 10.3. The number of amides is 2. The monoisotopic (exact) mass is 228 g/mol. The number of hydrogen-bond donors (Lipinski definition) is 2. The molecule has 0 bridgehead atoms. The fourth-order valence-corrected chi connectivity index (χ4v) is 1.67. The van der Waals surface area contributed by atoms with E-state index < -0.39 is 17.4 Å². The van der Waals surface area contributed by atoms with Gasteiger partial charge in [0.15, 0.2) is 4.90 Å². The first kappa shape index (κ1) is 11.7. The van der Waals surface area contributed by atoms with Crippen molar-refractivity contribution < 1.29 is 14.1 Å². The van der Waals surface area contributed by atoms with Crippen molar-refractivity contribution in [2.24, 2.45) is 0 Å². The first-order valence-electron chi connectivity index (χ1n) is 4.21. The smallest absolute Gasteiger partial charge is 0.356 e. The highest BCUT2D eigenvalue weighted by Crippen LogP contribution is 2.14. The highest BCUT2D eigenvalue weighted by atomic mass is 32.2. The van der Waals surface area contributed by atoms with Gasteiger partial charge in [-0.15, -0.1) is 4.72 Å². The molecular weight excluding hydrogens is 216 g/mol. The molecular formula is C9H12N2O3S. The summed E-state index contributed by atoms with van der Waals surface area (Å²) >= 11 is -1.54. The van der Waals surface area contributed by atoms with Gasteiger partial charge in [0.05, 0.1) is 7.11 Å². The van der Waals surface area contributed by atoms with Gasteiger partial charge in [-0.1, -0.05) is 0 Å². The second kappa shape index (κ2) is 5.47. The zero-order valence-corrected chi connectivity index (χ0v) is 9.26. The van der Waals surface area contributed by atoms with E-state index in [1.165, 1.54) is 7.05 Å². The molecule has 0 saturated heterocycles. The van der Waals surface area contributed by atoms with Gasteiger partial charge in [-0.3, -0.25) is 0 Å². The first-order chi connectivity index (χ1) is 7.17. The molecule has 6 heteroatoms. The Morgan fingerprint density at radius 2 is 2.00 bits per heavy atom. The van der Waals surface area contributed by atoms with Crippen LogP contribution in [0.5, 0.6) is 5.75 Å². The fourth-order valence-electron chi connectivity index (χ4n) is 0.893. The molecule has 5 nitrogen and oxygen atoms in total. The van der Waals surface area contributed by atoms with Crippen molar-refractivity contribution in [2.45, 2.75) is 4.90 Å². The maximum absolute atomic E-state index is 11.5. The molecule has 0 aromatic heterocycles. The molecule has 0 spiro atoms. The number of ether oxygens (including phenoxy) is 1. The van der Waals surface area contributed by atoms with E-state index in [4.69, 9.17) is 4.74 Å². The largest absolute Gasteiger partial charge is 0.588 e. The van der Waals surface area contributed by atoms with Crippen molar-refractivity contribution in [1.82, 2.24) is 10.0 Å². The Morgan fingerprint density at radius 1 is 1.40 bits per heavy atom. The van der Waals surface area contributed by atoms with Crippen LogP contribution in [0, 0.1) is 0 Å². The number of carbonyl (C=O) groups excluding carboxylic acids is 1. The predicted octanol–water partition coefficient (Wildman–Crippen LogP) is 0.647. The van der Waals surface area contributed by atoms with Gasteiger partial charge in [-0.25, -0.2) is 4.79 Å². The normalized spacial score (nSPS) is 11.7. The van der Waals surface area contributed by atoms with Gasteiger partial charge in [-0.05, 0) is 24.3 Å². The summed E-state index contributed by atoms with van der Waals surface area (Å²) in [5.74, 6) is 0.677. The summed E-state index contributed by atoms with van der Waals surface area (Å²) in [6.07, 6.45) is 0. The van der Waals surface area contributed by atoms with Crippen molar-refractivity contribution in [3.05, 3.63) is 24.3 Å². The Hall–Kier alpha value is -1.40. The van der Waals surface area contributed by atoms with Crippen LogP contribution in [0.4, 0.5) is 4.79 Å². The zero-order chi connectivity index (χ0) is 11.3. The van der Waals surface area contributed by atoms with Crippen LogP contribution >= 0.6 is 0 Å². The van der Waals surface area contributed by atoms with Gasteiger partial charge < -0.3 is 14.6 Å². The molecule has 15 heavy (non-hydrogen) atoms. The molecule has 1 aromatic carbocycles. The van der Waals surface area contributed by atoms with Gasteiger partial charge in [0, 0.05) is 7.05 Å². The molecule has 0 aliphatic heterocycles. The molecule has 0 aliphatic rings. The number of methoxy groups -OCH3 is 1. The average molecular weight is 228 g/mol. The lowest BCUT2D eigenvalue weighted by Gasteiger charge is -2.09. The molecule has 1 aromatic rings. The van der Waals surface area contributed by atoms with E-state index in [9.17, 15) is 9.35 Å². The third kappa shape index (κ3) is 3.34. The van der Waals surface area contributed by atoms with Crippen LogP contribution in [0.1, 0.15) is 0 Å². The SMILES string of the molecule is CNC(=O)N[S+]([O-])c1ccc(OC)cc1. The van der Waals surface area contributed by atoms with E-state index in [0.717, 1.165) is 0 Å².